The van der Waals surface area contributed by atoms with Gasteiger partial charge in [-0.1, -0.05) is 26.7 Å². The maximum absolute atomic E-state index is 12.5. The minimum absolute atomic E-state index is 0.111. The van der Waals surface area contributed by atoms with Gasteiger partial charge in [-0.05, 0) is 32.6 Å². The van der Waals surface area contributed by atoms with Crippen LogP contribution in [0.5, 0.6) is 0 Å². The summed E-state index contributed by atoms with van der Waals surface area (Å²) in [5.41, 5.74) is 0.511. The molecule has 1 amide bonds. The Balaban J connectivity index is 2.93. The first-order valence-corrected chi connectivity index (χ1v) is 7.06. The Morgan fingerprint density at radius 1 is 1.16 bits per heavy atom. The van der Waals surface area contributed by atoms with Gasteiger partial charge in [0.05, 0.1) is 0 Å². The first-order chi connectivity index (χ1) is 8.84. The van der Waals surface area contributed by atoms with Crippen LogP contribution in [-0.2, 0) is 9.59 Å². The lowest BCUT2D eigenvalue weighted by molar-refractivity contribution is -0.134. The molecule has 1 fully saturated rings. The van der Waals surface area contributed by atoms with E-state index in [2.05, 4.69) is 13.8 Å². The number of nitrogens with zero attached hydrogens (tertiary/aromatic N) is 1. The summed E-state index contributed by atoms with van der Waals surface area (Å²) in [6.07, 6.45) is 4.40. The SMILES string of the molecule is CC(C(=O)O)=C(C)C(=O)N(CC(C)C)C1CCCC1. The van der Waals surface area contributed by atoms with Gasteiger partial charge in [-0.15, -0.1) is 0 Å². The molecule has 0 radical (unpaired) electrons. The van der Waals surface area contributed by atoms with E-state index in [0.717, 1.165) is 25.7 Å². The van der Waals surface area contributed by atoms with Crippen molar-refractivity contribution in [3.05, 3.63) is 11.1 Å². The number of hydrogen-bond acceptors (Lipinski definition) is 2. The van der Waals surface area contributed by atoms with Gasteiger partial charge in [-0.3, -0.25) is 4.79 Å². The van der Waals surface area contributed by atoms with Crippen LogP contribution in [0.4, 0.5) is 0 Å². The summed E-state index contributed by atoms with van der Waals surface area (Å²) in [5.74, 6) is -0.732. The van der Waals surface area contributed by atoms with Crippen molar-refractivity contribution in [3.8, 4) is 0 Å². The Morgan fingerprint density at radius 3 is 2.11 bits per heavy atom. The Bertz CT molecular complexity index is 379. The highest BCUT2D eigenvalue weighted by atomic mass is 16.4. The third-order valence-electron chi connectivity index (χ3n) is 3.79. The molecule has 4 heteroatoms. The van der Waals surface area contributed by atoms with Crippen molar-refractivity contribution in [2.45, 2.75) is 59.4 Å². The molecule has 0 aromatic carbocycles. The first-order valence-electron chi connectivity index (χ1n) is 7.06. The highest BCUT2D eigenvalue weighted by Crippen LogP contribution is 2.26. The van der Waals surface area contributed by atoms with Crippen LogP contribution in [0.1, 0.15) is 53.4 Å². The summed E-state index contributed by atoms with van der Waals surface area (Å²) in [5, 5.41) is 9.00. The smallest absolute Gasteiger partial charge is 0.331 e. The molecule has 19 heavy (non-hydrogen) atoms. The van der Waals surface area contributed by atoms with E-state index >= 15 is 0 Å². The van der Waals surface area contributed by atoms with Crippen molar-refractivity contribution in [2.75, 3.05) is 6.54 Å². The van der Waals surface area contributed by atoms with Crippen LogP contribution in [0.3, 0.4) is 0 Å². The summed E-state index contributed by atoms with van der Waals surface area (Å²) in [7, 11) is 0. The molecular formula is C15H25NO3. The number of amides is 1. The molecule has 1 aliphatic rings. The van der Waals surface area contributed by atoms with E-state index in [1.807, 2.05) is 4.90 Å². The number of carboxylic acid groups (broad SMARTS) is 1. The summed E-state index contributed by atoms with van der Waals surface area (Å²) in [6.45, 7) is 7.98. The zero-order chi connectivity index (χ0) is 14.6. The van der Waals surface area contributed by atoms with Gasteiger partial charge in [0.15, 0.2) is 0 Å². The molecule has 0 heterocycles. The van der Waals surface area contributed by atoms with Gasteiger partial charge in [0.25, 0.3) is 0 Å². The molecular weight excluding hydrogens is 242 g/mol. The summed E-state index contributed by atoms with van der Waals surface area (Å²) in [6, 6.07) is 0.284. The zero-order valence-corrected chi connectivity index (χ0v) is 12.4. The molecule has 108 valence electrons. The lowest BCUT2D eigenvalue weighted by atomic mass is 10.1. The van der Waals surface area contributed by atoms with Crippen LogP contribution in [0.25, 0.3) is 0 Å². The highest BCUT2D eigenvalue weighted by Gasteiger charge is 2.28. The van der Waals surface area contributed by atoms with Gasteiger partial charge in [-0.2, -0.15) is 0 Å². The fourth-order valence-electron chi connectivity index (χ4n) is 2.54. The van der Waals surface area contributed by atoms with Crippen molar-refractivity contribution >= 4 is 11.9 Å². The van der Waals surface area contributed by atoms with Gasteiger partial charge in [-0.25, -0.2) is 4.79 Å². The highest BCUT2D eigenvalue weighted by molar-refractivity contribution is 6.01. The average Bonchev–Trinajstić information content (AvgIpc) is 2.86. The maximum Gasteiger partial charge on any atom is 0.331 e. The van der Waals surface area contributed by atoms with Crippen molar-refractivity contribution in [3.63, 3.8) is 0 Å². The van der Waals surface area contributed by atoms with Gasteiger partial charge >= 0.3 is 5.97 Å². The number of carbonyl (C=O) groups excluding carboxylic acids is 1. The van der Waals surface area contributed by atoms with Crippen LogP contribution in [0, 0.1) is 5.92 Å². The van der Waals surface area contributed by atoms with Crippen molar-refractivity contribution < 1.29 is 14.7 Å². The Kier molecular flexibility index (Phi) is 5.58. The standard InChI is InChI=1S/C15H25NO3/c1-10(2)9-16(13-7-5-6-8-13)14(17)11(3)12(4)15(18)19/h10,13H,5-9H2,1-4H3,(H,18,19). The fourth-order valence-corrected chi connectivity index (χ4v) is 2.54. The maximum atomic E-state index is 12.5. The predicted octanol–water partition coefficient (Wildman–Crippen LogP) is 2.83. The third-order valence-corrected chi connectivity index (χ3v) is 3.79. The number of carboxylic acids is 1. The molecule has 1 rings (SSSR count). The van der Waals surface area contributed by atoms with Gasteiger partial charge in [0.1, 0.15) is 0 Å². The minimum Gasteiger partial charge on any atom is -0.478 e. The van der Waals surface area contributed by atoms with E-state index in [4.69, 9.17) is 5.11 Å². The van der Waals surface area contributed by atoms with Gasteiger partial charge in [0.2, 0.25) is 5.91 Å². The summed E-state index contributed by atoms with van der Waals surface area (Å²) in [4.78, 5) is 25.4. The summed E-state index contributed by atoms with van der Waals surface area (Å²) < 4.78 is 0. The van der Waals surface area contributed by atoms with Crippen LogP contribution in [0.2, 0.25) is 0 Å². The molecule has 1 N–H and O–H groups in total. The number of rotatable bonds is 5. The van der Waals surface area contributed by atoms with Crippen molar-refractivity contribution in [1.82, 2.24) is 4.90 Å². The van der Waals surface area contributed by atoms with Crippen LogP contribution in [0.15, 0.2) is 11.1 Å². The van der Waals surface area contributed by atoms with Crippen LogP contribution < -0.4 is 0 Å². The van der Waals surface area contributed by atoms with Crippen molar-refractivity contribution in [2.24, 2.45) is 5.92 Å². The quantitative estimate of drug-likeness (QED) is 0.779. The zero-order valence-electron chi connectivity index (χ0n) is 12.4. The second-order valence-electron chi connectivity index (χ2n) is 5.84. The minimum atomic E-state index is -1.01. The molecule has 0 aliphatic heterocycles. The molecule has 1 aliphatic carbocycles. The summed E-state index contributed by atoms with van der Waals surface area (Å²) >= 11 is 0. The number of carbonyl (C=O) groups is 2. The molecule has 0 bridgehead atoms. The molecule has 0 aromatic rings. The Labute approximate surface area is 115 Å². The second kappa shape index (κ2) is 6.73. The van der Waals surface area contributed by atoms with E-state index in [1.54, 1.807) is 6.92 Å². The molecule has 0 spiro atoms. The number of aliphatic carboxylic acids is 1. The molecule has 4 nitrogen and oxygen atoms in total. The molecule has 1 saturated carbocycles. The van der Waals surface area contributed by atoms with E-state index in [9.17, 15) is 9.59 Å². The molecule has 0 saturated heterocycles. The Hall–Kier alpha value is -1.32. The van der Waals surface area contributed by atoms with Gasteiger partial charge in [0, 0.05) is 23.7 Å². The Morgan fingerprint density at radius 2 is 1.68 bits per heavy atom. The van der Waals surface area contributed by atoms with E-state index in [0.29, 0.717) is 18.0 Å². The van der Waals surface area contributed by atoms with Crippen LogP contribution in [-0.4, -0.2) is 34.5 Å². The lowest BCUT2D eigenvalue weighted by Crippen LogP contribution is -2.42. The third kappa shape index (κ3) is 4.08. The normalized spacial score (nSPS) is 17.5. The van der Waals surface area contributed by atoms with E-state index < -0.39 is 5.97 Å². The van der Waals surface area contributed by atoms with Gasteiger partial charge < -0.3 is 10.0 Å². The predicted molar refractivity (Wildman–Crippen MR) is 74.8 cm³/mol. The first kappa shape index (κ1) is 15.7. The van der Waals surface area contributed by atoms with E-state index in [-0.39, 0.29) is 17.5 Å². The van der Waals surface area contributed by atoms with Crippen LogP contribution >= 0.6 is 0 Å². The fraction of sp³-hybridized carbons (Fsp3) is 0.733. The molecule has 0 atom stereocenters. The average molecular weight is 267 g/mol. The number of hydrogen-bond donors (Lipinski definition) is 1. The monoisotopic (exact) mass is 267 g/mol. The second-order valence-corrected chi connectivity index (χ2v) is 5.84. The molecule has 0 unspecified atom stereocenters. The molecule has 0 aromatic heterocycles. The topological polar surface area (TPSA) is 57.6 Å². The van der Waals surface area contributed by atoms with E-state index in [1.165, 1.54) is 6.92 Å². The van der Waals surface area contributed by atoms with Crippen molar-refractivity contribution in [1.29, 1.82) is 0 Å². The lowest BCUT2D eigenvalue weighted by Gasteiger charge is -2.31. The largest absolute Gasteiger partial charge is 0.478 e.